The second-order valence-electron chi connectivity index (χ2n) is 4.80. The lowest BCUT2D eigenvalue weighted by atomic mass is 9.76. The maximum Gasteiger partial charge on any atom is 0.150 e. The van der Waals surface area contributed by atoms with Crippen molar-refractivity contribution < 1.29 is 17.9 Å². The summed E-state index contributed by atoms with van der Waals surface area (Å²) in [6, 6.07) is 0. The Bertz CT molecular complexity index is 349. The van der Waals surface area contributed by atoms with Crippen molar-refractivity contribution in [2.24, 2.45) is 0 Å². The van der Waals surface area contributed by atoms with Gasteiger partial charge in [-0.3, -0.25) is 4.79 Å². The molecular weight excluding hydrogens is 240 g/mol. The molecule has 1 fully saturated rings. The molecule has 0 unspecified atom stereocenters. The molecule has 0 spiro atoms. The maximum absolute atomic E-state index is 11.7. The van der Waals surface area contributed by atoms with Crippen LogP contribution in [0, 0.1) is 0 Å². The van der Waals surface area contributed by atoms with Gasteiger partial charge in [-0.25, -0.2) is 8.42 Å². The van der Waals surface area contributed by atoms with Crippen molar-refractivity contribution in [2.45, 2.75) is 51.0 Å². The lowest BCUT2D eigenvalue weighted by Gasteiger charge is -2.40. The summed E-state index contributed by atoms with van der Waals surface area (Å²) in [6.45, 7) is 1.63. The number of ether oxygens (including phenoxy) is 1. The fourth-order valence-corrected chi connectivity index (χ4v) is 2.98. The van der Waals surface area contributed by atoms with Crippen LogP contribution in [0.4, 0.5) is 0 Å². The largest absolute Gasteiger partial charge is 0.378 e. The second-order valence-corrected chi connectivity index (χ2v) is 7.27. The SMILES string of the molecule is CCS(=O)(=O)CCCC(=O)CC1(OC)CCC1. The third-order valence-electron chi connectivity index (χ3n) is 3.57. The summed E-state index contributed by atoms with van der Waals surface area (Å²) in [5.41, 5.74) is -0.235. The molecule has 1 aliphatic carbocycles. The van der Waals surface area contributed by atoms with Crippen LogP contribution >= 0.6 is 0 Å². The summed E-state index contributed by atoms with van der Waals surface area (Å²) in [7, 11) is -1.29. The van der Waals surface area contributed by atoms with E-state index in [0.29, 0.717) is 19.3 Å². The van der Waals surface area contributed by atoms with E-state index in [-0.39, 0.29) is 22.9 Å². The molecule has 0 bridgehead atoms. The standard InChI is InChI=1S/C12H22O4S/c1-3-17(14,15)9-4-6-11(13)10-12(16-2)7-5-8-12/h3-10H2,1-2H3. The Morgan fingerprint density at radius 2 is 2.00 bits per heavy atom. The van der Waals surface area contributed by atoms with Gasteiger partial charge in [-0.2, -0.15) is 0 Å². The fourth-order valence-electron chi connectivity index (χ4n) is 2.11. The molecule has 0 heterocycles. The van der Waals surface area contributed by atoms with Crippen LogP contribution in [-0.2, 0) is 19.4 Å². The summed E-state index contributed by atoms with van der Waals surface area (Å²) in [4.78, 5) is 11.7. The number of Topliss-reactive ketones (excluding diaryl/α,β-unsaturated/α-hetero) is 1. The zero-order chi connectivity index (χ0) is 12.9. The molecule has 100 valence electrons. The van der Waals surface area contributed by atoms with Crippen molar-refractivity contribution in [3.8, 4) is 0 Å². The molecule has 5 heteroatoms. The Labute approximate surface area is 104 Å². The maximum atomic E-state index is 11.7. The van der Waals surface area contributed by atoms with Gasteiger partial charge in [0.15, 0.2) is 0 Å². The topological polar surface area (TPSA) is 60.4 Å². The zero-order valence-electron chi connectivity index (χ0n) is 10.7. The molecule has 0 amide bonds. The molecule has 1 rings (SSSR count). The predicted octanol–water partition coefficient (Wildman–Crippen LogP) is 1.73. The van der Waals surface area contributed by atoms with Crippen molar-refractivity contribution in [2.75, 3.05) is 18.6 Å². The smallest absolute Gasteiger partial charge is 0.150 e. The van der Waals surface area contributed by atoms with E-state index >= 15 is 0 Å². The summed E-state index contributed by atoms with van der Waals surface area (Å²) in [5, 5.41) is 0. The number of hydrogen-bond acceptors (Lipinski definition) is 4. The Hall–Kier alpha value is -0.420. The minimum absolute atomic E-state index is 0.120. The molecule has 1 aliphatic rings. The molecule has 0 aliphatic heterocycles. The van der Waals surface area contributed by atoms with E-state index in [9.17, 15) is 13.2 Å². The highest BCUT2D eigenvalue weighted by molar-refractivity contribution is 7.91. The highest BCUT2D eigenvalue weighted by Crippen LogP contribution is 2.38. The average molecular weight is 262 g/mol. The van der Waals surface area contributed by atoms with Crippen molar-refractivity contribution in [1.29, 1.82) is 0 Å². The number of hydrogen-bond donors (Lipinski definition) is 0. The van der Waals surface area contributed by atoms with Crippen LogP contribution in [0.3, 0.4) is 0 Å². The zero-order valence-corrected chi connectivity index (χ0v) is 11.5. The van der Waals surface area contributed by atoms with E-state index in [4.69, 9.17) is 4.74 Å². The predicted molar refractivity (Wildman–Crippen MR) is 66.8 cm³/mol. The van der Waals surface area contributed by atoms with E-state index in [0.717, 1.165) is 19.3 Å². The first-order chi connectivity index (χ1) is 7.93. The summed E-state index contributed by atoms with van der Waals surface area (Å²) in [6.07, 6.45) is 4.24. The first-order valence-electron chi connectivity index (χ1n) is 6.20. The van der Waals surface area contributed by atoms with Crippen LogP contribution in [0.2, 0.25) is 0 Å². The van der Waals surface area contributed by atoms with Crippen molar-refractivity contribution in [1.82, 2.24) is 0 Å². The van der Waals surface area contributed by atoms with Crippen LogP contribution in [0.5, 0.6) is 0 Å². The van der Waals surface area contributed by atoms with Gasteiger partial charge >= 0.3 is 0 Å². The van der Waals surface area contributed by atoms with Crippen molar-refractivity contribution >= 4 is 15.6 Å². The molecule has 0 atom stereocenters. The van der Waals surface area contributed by atoms with Gasteiger partial charge in [0, 0.05) is 25.7 Å². The van der Waals surface area contributed by atoms with E-state index in [1.54, 1.807) is 14.0 Å². The quantitative estimate of drug-likeness (QED) is 0.668. The number of carbonyl (C=O) groups is 1. The first-order valence-corrected chi connectivity index (χ1v) is 8.02. The van der Waals surface area contributed by atoms with Gasteiger partial charge in [-0.05, 0) is 25.7 Å². The van der Waals surface area contributed by atoms with E-state index in [1.165, 1.54) is 0 Å². The first kappa shape index (κ1) is 14.6. The van der Waals surface area contributed by atoms with Gasteiger partial charge in [0.2, 0.25) is 0 Å². The highest BCUT2D eigenvalue weighted by Gasteiger charge is 2.38. The highest BCUT2D eigenvalue weighted by atomic mass is 32.2. The molecule has 0 saturated heterocycles. The summed E-state index contributed by atoms with van der Waals surface area (Å²) < 4.78 is 27.9. The van der Waals surface area contributed by atoms with Crippen molar-refractivity contribution in [3.63, 3.8) is 0 Å². The molecule has 0 N–H and O–H groups in total. The molecule has 17 heavy (non-hydrogen) atoms. The summed E-state index contributed by atoms with van der Waals surface area (Å²) in [5.74, 6) is 0.399. The van der Waals surface area contributed by atoms with Crippen LogP contribution < -0.4 is 0 Å². The molecule has 4 nitrogen and oxygen atoms in total. The number of ketones is 1. The minimum Gasteiger partial charge on any atom is -0.378 e. The van der Waals surface area contributed by atoms with Crippen molar-refractivity contribution in [3.05, 3.63) is 0 Å². The molecule has 0 aromatic carbocycles. The monoisotopic (exact) mass is 262 g/mol. The second kappa shape index (κ2) is 5.96. The van der Waals surface area contributed by atoms with Gasteiger partial charge in [0.05, 0.1) is 11.4 Å². The number of methoxy groups -OCH3 is 1. The third-order valence-corrected chi connectivity index (χ3v) is 5.36. The van der Waals surface area contributed by atoms with Gasteiger partial charge in [0.1, 0.15) is 15.6 Å². The van der Waals surface area contributed by atoms with Gasteiger partial charge in [-0.1, -0.05) is 6.92 Å². The molecule has 0 aromatic rings. The third kappa shape index (κ3) is 4.39. The molecular formula is C12H22O4S. The lowest BCUT2D eigenvalue weighted by molar-refractivity contribution is -0.132. The Balaban J connectivity index is 2.26. The molecule has 1 saturated carbocycles. The Kier molecular flexibility index (Phi) is 5.13. The van der Waals surface area contributed by atoms with Gasteiger partial charge in [0.25, 0.3) is 0 Å². The lowest BCUT2D eigenvalue weighted by Crippen LogP contribution is -2.41. The van der Waals surface area contributed by atoms with E-state index in [1.807, 2.05) is 0 Å². The Morgan fingerprint density at radius 1 is 1.35 bits per heavy atom. The van der Waals surface area contributed by atoms with Crippen LogP contribution in [0.1, 0.15) is 45.4 Å². The number of rotatable bonds is 8. The number of sulfone groups is 1. The minimum atomic E-state index is -2.94. The normalized spacial score (nSPS) is 18.7. The average Bonchev–Trinajstić information content (AvgIpc) is 2.23. The Morgan fingerprint density at radius 3 is 2.41 bits per heavy atom. The van der Waals surface area contributed by atoms with Crippen LogP contribution in [0.15, 0.2) is 0 Å². The molecule has 0 radical (unpaired) electrons. The van der Waals surface area contributed by atoms with Gasteiger partial charge < -0.3 is 4.74 Å². The van der Waals surface area contributed by atoms with Crippen LogP contribution in [-0.4, -0.2) is 38.4 Å². The summed E-state index contributed by atoms with van der Waals surface area (Å²) >= 11 is 0. The molecule has 0 aromatic heterocycles. The van der Waals surface area contributed by atoms with E-state index in [2.05, 4.69) is 0 Å². The number of carbonyl (C=O) groups excluding carboxylic acids is 1. The van der Waals surface area contributed by atoms with Crippen LogP contribution in [0.25, 0.3) is 0 Å². The fraction of sp³-hybridized carbons (Fsp3) is 0.917. The van der Waals surface area contributed by atoms with E-state index < -0.39 is 9.84 Å². The van der Waals surface area contributed by atoms with Gasteiger partial charge in [-0.15, -0.1) is 0 Å².